The van der Waals surface area contributed by atoms with Crippen molar-refractivity contribution in [2.75, 3.05) is 13.2 Å². The van der Waals surface area contributed by atoms with Gasteiger partial charge in [0.25, 0.3) is 5.91 Å². The van der Waals surface area contributed by atoms with Gasteiger partial charge in [0.1, 0.15) is 12.2 Å². The fourth-order valence-electron chi connectivity index (χ4n) is 2.29. The van der Waals surface area contributed by atoms with Crippen molar-refractivity contribution in [1.29, 1.82) is 0 Å². The van der Waals surface area contributed by atoms with E-state index in [4.69, 9.17) is 16.3 Å². The van der Waals surface area contributed by atoms with Crippen molar-refractivity contribution in [3.05, 3.63) is 23.0 Å². The van der Waals surface area contributed by atoms with Gasteiger partial charge in [-0.2, -0.15) is 0 Å². The molecule has 5 nitrogen and oxygen atoms in total. The zero-order valence-electron chi connectivity index (χ0n) is 12.6. The second-order valence-corrected chi connectivity index (χ2v) is 5.95. The smallest absolute Gasteiger partial charge is 0.325 e. The Balaban J connectivity index is 2.20. The number of amides is 1. The number of rotatable bonds is 6. The van der Waals surface area contributed by atoms with Crippen LogP contribution < -0.4 is 0 Å². The number of nitrogens with zero attached hydrogens (tertiary/aromatic N) is 2. The maximum absolute atomic E-state index is 12.7. The Kier molecular flexibility index (Phi) is 4.93. The number of halogens is 1. The molecular weight excluding hydrogens is 292 g/mol. The monoisotopic (exact) mass is 312 g/mol. The molecule has 0 bridgehead atoms. The van der Waals surface area contributed by atoms with Gasteiger partial charge < -0.3 is 14.2 Å². The molecule has 1 aliphatic carbocycles. The fraction of sp³-hybridized carbons (Fsp3) is 0.600. The summed E-state index contributed by atoms with van der Waals surface area (Å²) in [4.78, 5) is 26.0. The molecule has 0 saturated heterocycles. The van der Waals surface area contributed by atoms with Crippen LogP contribution in [0.1, 0.15) is 50.1 Å². The van der Waals surface area contributed by atoms with Crippen LogP contribution in [-0.2, 0) is 9.53 Å². The van der Waals surface area contributed by atoms with Crippen LogP contribution in [0.25, 0.3) is 0 Å². The summed E-state index contributed by atoms with van der Waals surface area (Å²) in [7, 11) is 0. The zero-order chi connectivity index (χ0) is 15.6. The lowest BCUT2D eigenvalue weighted by atomic mass is 10.3. The molecule has 0 aliphatic heterocycles. The molecule has 1 aromatic rings. The van der Waals surface area contributed by atoms with Crippen molar-refractivity contribution in [2.24, 2.45) is 0 Å². The van der Waals surface area contributed by atoms with E-state index in [1.54, 1.807) is 24.1 Å². The van der Waals surface area contributed by atoms with E-state index in [0.29, 0.717) is 17.3 Å². The fourth-order valence-corrected chi connectivity index (χ4v) is 2.50. The van der Waals surface area contributed by atoms with Crippen molar-refractivity contribution in [2.45, 2.75) is 45.7 Å². The van der Waals surface area contributed by atoms with E-state index in [0.717, 1.165) is 12.8 Å². The third-order valence-corrected chi connectivity index (χ3v) is 3.65. The van der Waals surface area contributed by atoms with E-state index in [9.17, 15) is 9.59 Å². The van der Waals surface area contributed by atoms with Gasteiger partial charge in [0.15, 0.2) is 0 Å². The topological polar surface area (TPSA) is 51.5 Å². The SMILES string of the molecule is CCOC(=O)CN(C(=O)c1cc(Cl)cn1C(C)C)C1CC1. The van der Waals surface area contributed by atoms with E-state index >= 15 is 0 Å². The number of aromatic nitrogens is 1. The summed E-state index contributed by atoms with van der Waals surface area (Å²) >= 11 is 6.03. The Hall–Kier alpha value is -1.49. The molecule has 1 aliphatic rings. The van der Waals surface area contributed by atoms with Crippen LogP contribution in [0.3, 0.4) is 0 Å². The predicted octanol–water partition coefficient (Wildman–Crippen LogP) is 2.89. The van der Waals surface area contributed by atoms with Crippen molar-refractivity contribution >= 4 is 23.5 Å². The highest BCUT2D eigenvalue weighted by Gasteiger charge is 2.36. The first-order valence-electron chi connectivity index (χ1n) is 7.28. The summed E-state index contributed by atoms with van der Waals surface area (Å²) < 4.78 is 6.79. The molecule has 6 heteroatoms. The van der Waals surface area contributed by atoms with Crippen LogP contribution in [0.5, 0.6) is 0 Å². The average molecular weight is 313 g/mol. The van der Waals surface area contributed by atoms with Crippen LogP contribution in [-0.4, -0.2) is 40.5 Å². The van der Waals surface area contributed by atoms with Gasteiger partial charge in [-0.3, -0.25) is 9.59 Å². The summed E-state index contributed by atoms with van der Waals surface area (Å²) in [5.74, 6) is -0.530. The number of carbonyl (C=O) groups excluding carboxylic acids is 2. The minimum atomic E-state index is -0.369. The molecule has 1 amide bonds. The molecule has 0 spiro atoms. The van der Waals surface area contributed by atoms with Crippen molar-refractivity contribution < 1.29 is 14.3 Å². The quantitative estimate of drug-likeness (QED) is 0.759. The number of esters is 1. The molecule has 0 aromatic carbocycles. The normalized spacial score (nSPS) is 14.3. The molecule has 0 N–H and O–H groups in total. The molecular formula is C15H21ClN2O3. The van der Waals surface area contributed by atoms with Crippen LogP contribution in [0, 0.1) is 0 Å². The van der Waals surface area contributed by atoms with E-state index in [2.05, 4.69) is 0 Å². The Morgan fingerprint density at radius 3 is 2.67 bits per heavy atom. The second-order valence-electron chi connectivity index (χ2n) is 5.51. The lowest BCUT2D eigenvalue weighted by molar-refractivity contribution is -0.144. The molecule has 116 valence electrons. The summed E-state index contributed by atoms with van der Waals surface area (Å²) in [6, 6.07) is 1.92. The molecule has 1 heterocycles. The summed E-state index contributed by atoms with van der Waals surface area (Å²) in [5.41, 5.74) is 0.520. The Morgan fingerprint density at radius 2 is 2.14 bits per heavy atom. The van der Waals surface area contributed by atoms with Crippen molar-refractivity contribution in [3.63, 3.8) is 0 Å². The standard InChI is InChI=1S/C15H21ClN2O3/c1-4-21-14(19)9-18(12-5-6-12)15(20)13-7-11(16)8-17(13)10(2)3/h7-8,10,12H,4-6,9H2,1-3H3. The van der Waals surface area contributed by atoms with Crippen LogP contribution >= 0.6 is 11.6 Å². The van der Waals surface area contributed by atoms with E-state index in [1.807, 2.05) is 18.4 Å². The number of carbonyl (C=O) groups is 2. The molecule has 1 fully saturated rings. The van der Waals surface area contributed by atoms with Gasteiger partial charge in [-0.05, 0) is 39.7 Å². The Labute approximate surface area is 129 Å². The van der Waals surface area contributed by atoms with Gasteiger partial charge in [-0.15, -0.1) is 0 Å². The lowest BCUT2D eigenvalue weighted by Gasteiger charge is -2.23. The highest BCUT2D eigenvalue weighted by Crippen LogP contribution is 2.29. The van der Waals surface area contributed by atoms with Gasteiger partial charge in [0.2, 0.25) is 0 Å². The molecule has 2 rings (SSSR count). The van der Waals surface area contributed by atoms with E-state index < -0.39 is 0 Å². The average Bonchev–Trinajstić information content (AvgIpc) is 3.17. The third kappa shape index (κ3) is 3.79. The highest BCUT2D eigenvalue weighted by atomic mass is 35.5. The van der Waals surface area contributed by atoms with Gasteiger partial charge >= 0.3 is 5.97 Å². The minimum absolute atomic E-state index is 0.00175. The first kappa shape index (κ1) is 15.9. The predicted molar refractivity (Wildman–Crippen MR) is 80.5 cm³/mol. The highest BCUT2D eigenvalue weighted by molar-refractivity contribution is 6.31. The molecule has 0 radical (unpaired) electrons. The maximum atomic E-state index is 12.7. The van der Waals surface area contributed by atoms with Crippen LogP contribution in [0.4, 0.5) is 0 Å². The maximum Gasteiger partial charge on any atom is 0.325 e. The first-order chi connectivity index (χ1) is 9.93. The van der Waals surface area contributed by atoms with Gasteiger partial charge in [0.05, 0.1) is 11.6 Å². The molecule has 0 atom stereocenters. The van der Waals surface area contributed by atoms with Crippen molar-refractivity contribution in [3.8, 4) is 0 Å². The number of ether oxygens (including phenoxy) is 1. The number of hydrogen-bond acceptors (Lipinski definition) is 3. The molecule has 1 aromatic heterocycles. The van der Waals surface area contributed by atoms with Crippen LogP contribution in [0.2, 0.25) is 5.02 Å². The molecule has 21 heavy (non-hydrogen) atoms. The zero-order valence-corrected chi connectivity index (χ0v) is 13.4. The van der Waals surface area contributed by atoms with Gasteiger partial charge in [0, 0.05) is 18.3 Å². The Morgan fingerprint density at radius 1 is 1.48 bits per heavy atom. The number of hydrogen-bond donors (Lipinski definition) is 0. The van der Waals surface area contributed by atoms with Crippen LogP contribution in [0.15, 0.2) is 12.3 Å². The van der Waals surface area contributed by atoms with Crippen molar-refractivity contribution in [1.82, 2.24) is 9.47 Å². The second kappa shape index (κ2) is 6.52. The summed E-state index contributed by atoms with van der Waals surface area (Å²) in [6.45, 7) is 6.04. The largest absolute Gasteiger partial charge is 0.465 e. The molecule has 0 unspecified atom stereocenters. The molecule has 1 saturated carbocycles. The third-order valence-electron chi connectivity index (χ3n) is 3.44. The van der Waals surface area contributed by atoms with Gasteiger partial charge in [-0.1, -0.05) is 11.6 Å². The Bertz CT molecular complexity index is 535. The summed E-state index contributed by atoms with van der Waals surface area (Å²) in [6.07, 6.45) is 3.61. The summed E-state index contributed by atoms with van der Waals surface area (Å²) in [5, 5.41) is 0.527. The first-order valence-corrected chi connectivity index (χ1v) is 7.65. The minimum Gasteiger partial charge on any atom is -0.465 e. The van der Waals surface area contributed by atoms with E-state index in [-0.39, 0.29) is 30.5 Å². The van der Waals surface area contributed by atoms with E-state index in [1.165, 1.54) is 0 Å². The van der Waals surface area contributed by atoms with Gasteiger partial charge in [-0.25, -0.2) is 0 Å². The lowest BCUT2D eigenvalue weighted by Crippen LogP contribution is -2.39.